The van der Waals surface area contributed by atoms with Gasteiger partial charge in [-0.25, -0.2) is 0 Å². The lowest BCUT2D eigenvalue weighted by molar-refractivity contribution is 0.0832. The summed E-state index contributed by atoms with van der Waals surface area (Å²) < 4.78 is 5.97. The van der Waals surface area contributed by atoms with Crippen molar-refractivity contribution >= 4 is 12.4 Å². The van der Waals surface area contributed by atoms with E-state index in [1.165, 1.54) is 12.8 Å². The van der Waals surface area contributed by atoms with E-state index < -0.39 is 12.1 Å². The summed E-state index contributed by atoms with van der Waals surface area (Å²) in [6.07, 6.45) is 4.03. The van der Waals surface area contributed by atoms with Crippen LogP contribution in [0.4, 0.5) is 0 Å². The Labute approximate surface area is 150 Å². The molecule has 0 amide bonds. The molecule has 0 bridgehead atoms. The SMILES string of the molecule is Cl.N[C@@H](c1ccccc1OCc1ccccc1)[C@H](O)C1CCCC1. The van der Waals surface area contributed by atoms with Gasteiger partial charge in [-0.2, -0.15) is 0 Å². The number of hydrogen-bond donors (Lipinski definition) is 2. The molecular formula is C20H26ClNO2. The van der Waals surface area contributed by atoms with Crippen LogP contribution in [0.25, 0.3) is 0 Å². The normalized spacial score (nSPS) is 17.1. The Morgan fingerprint density at radius 2 is 1.62 bits per heavy atom. The maximum Gasteiger partial charge on any atom is 0.124 e. The van der Waals surface area contributed by atoms with Gasteiger partial charge in [-0.05, 0) is 30.4 Å². The van der Waals surface area contributed by atoms with Gasteiger partial charge in [-0.3, -0.25) is 0 Å². The molecule has 0 spiro atoms. The number of aliphatic hydroxyl groups excluding tert-OH is 1. The van der Waals surface area contributed by atoms with Crippen molar-refractivity contribution in [1.29, 1.82) is 0 Å². The summed E-state index contributed by atoms with van der Waals surface area (Å²) in [5.41, 5.74) is 8.37. The van der Waals surface area contributed by atoms with Crippen LogP contribution in [-0.4, -0.2) is 11.2 Å². The highest BCUT2D eigenvalue weighted by Gasteiger charge is 2.30. The lowest BCUT2D eigenvalue weighted by Gasteiger charge is -2.26. The minimum atomic E-state index is -0.501. The smallest absolute Gasteiger partial charge is 0.124 e. The minimum absolute atomic E-state index is 0. The molecule has 0 unspecified atom stereocenters. The number of hydrogen-bond acceptors (Lipinski definition) is 3. The fourth-order valence-corrected chi connectivity index (χ4v) is 3.40. The first kappa shape index (κ1) is 18.8. The number of aliphatic hydroxyl groups is 1. The average molecular weight is 348 g/mol. The van der Waals surface area contributed by atoms with Gasteiger partial charge in [0.15, 0.2) is 0 Å². The summed E-state index contributed by atoms with van der Waals surface area (Å²) in [7, 11) is 0. The second kappa shape index (κ2) is 9.07. The number of para-hydroxylation sites is 1. The Morgan fingerprint density at radius 1 is 1.00 bits per heavy atom. The molecule has 0 saturated heterocycles. The number of ether oxygens (including phenoxy) is 1. The monoisotopic (exact) mass is 347 g/mol. The van der Waals surface area contributed by atoms with Crippen LogP contribution in [0.3, 0.4) is 0 Å². The molecule has 1 aliphatic rings. The molecule has 1 saturated carbocycles. The minimum Gasteiger partial charge on any atom is -0.489 e. The maximum absolute atomic E-state index is 10.6. The van der Waals surface area contributed by atoms with Crippen molar-refractivity contribution in [3.05, 3.63) is 65.7 Å². The summed E-state index contributed by atoms with van der Waals surface area (Å²) in [5.74, 6) is 1.08. The van der Waals surface area contributed by atoms with Crippen LogP contribution < -0.4 is 10.5 Å². The number of halogens is 1. The molecule has 1 aliphatic carbocycles. The van der Waals surface area contributed by atoms with E-state index in [9.17, 15) is 5.11 Å². The molecule has 2 atom stereocenters. The van der Waals surface area contributed by atoms with E-state index in [1.807, 2.05) is 54.6 Å². The summed E-state index contributed by atoms with van der Waals surface area (Å²) in [6.45, 7) is 0.504. The second-order valence-corrected chi connectivity index (χ2v) is 6.37. The van der Waals surface area contributed by atoms with Crippen molar-refractivity contribution in [2.75, 3.05) is 0 Å². The molecule has 4 heteroatoms. The van der Waals surface area contributed by atoms with Crippen LogP contribution in [0, 0.1) is 5.92 Å². The zero-order valence-corrected chi connectivity index (χ0v) is 14.6. The molecule has 3 rings (SSSR count). The van der Waals surface area contributed by atoms with Crippen molar-refractivity contribution < 1.29 is 9.84 Å². The number of rotatable bonds is 6. The van der Waals surface area contributed by atoms with Crippen LogP contribution in [0.1, 0.15) is 42.9 Å². The number of benzene rings is 2. The van der Waals surface area contributed by atoms with E-state index in [4.69, 9.17) is 10.5 Å². The zero-order valence-electron chi connectivity index (χ0n) is 13.8. The molecule has 130 valence electrons. The number of nitrogens with two attached hydrogens (primary N) is 1. The third-order valence-electron chi connectivity index (χ3n) is 4.77. The quantitative estimate of drug-likeness (QED) is 0.821. The van der Waals surface area contributed by atoms with Gasteiger partial charge < -0.3 is 15.6 Å². The topological polar surface area (TPSA) is 55.5 Å². The van der Waals surface area contributed by atoms with Crippen LogP contribution in [-0.2, 0) is 6.61 Å². The van der Waals surface area contributed by atoms with Crippen molar-refractivity contribution in [1.82, 2.24) is 0 Å². The van der Waals surface area contributed by atoms with Gasteiger partial charge in [-0.1, -0.05) is 61.4 Å². The predicted molar refractivity (Wildman–Crippen MR) is 99.4 cm³/mol. The van der Waals surface area contributed by atoms with Crippen molar-refractivity contribution in [2.45, 2.75) is 44.4 Å². The highest BCUT2D eigenvalue weighted by atomic mass is 35.5. The van der Waals surface area contributed by atoms with E-state index in [2.05, 4.69) is 0 Å². The Hall–Kier alpha value is -1.55. The van der Waals surface area contributed by atoms with Gasteiger partial charge in [0.1, 0.15) is 12.4 Å². The molecule has 2 aromatic carbocycles. The third kappa shape index (κ3) is 4.50. The van der Waals surface area contributed by atoms with E-state index in [1.54, 1.807) is 0 Å². The molecular weight excluding hydrogens is 322 g/mol. The first-order valence-electron chi connectivity index (χ1n) is 8.45. The highest BCUT2D eigenvalue weighted by molar-refractivity contribution is 5.85. The summed E-state index contributed by atoms with van der Waals surface area (Å²) in [6, 6.07) is 17.5. The molecule has 0 aliphatic heterocycles. The van der Waals surface area contributed by atoms with Crippen molar-refractivity contribution in [3.63, 3.8) is 0 Å². The van der Waals surface area contributed by atoms with Gasteiger partial charge in [0, 0.05) is 5.56 Å². The Balaban J connectivity index is 0.00000208. The summed E-state index contributed by atoms with van der Waals surface area (Å²) in [4.78, 5) is 0. The highest BCUT2D eigenvalue weighted by Crippen LogP contribution is 2.35. The van der Waals surface area contributed by atoms with E-state index >= 15 is 0 Å². The molecule has 3 nitrogen and oxygen atoms in total. The molecule has 1 fully saturated rings. The lowest BCUT2D eigenvalue weighted by Crippen LogP contribution is -2.32. The van der Waals surface area contributed by atoms with Crippen LogP contribution >= 0.6 is 12.4 Å². The average Bonchev–Trinajstić information content (AvgIpc) is 3.14. The second-order valence-electron chi connectivity index (χ2n) is 6.37. The fourth-order valence-electron chi connectivity index (χ4n) is 3.40. The van der Waals surface area contributed by atoms with Gasteiger partial charge in [-0.15, -0.1) is 12.4 Å². The molecule has 0 radical (unpaired) electrons. The molecule has 3 N–H and O–H groups in total. The summed E-state index contributed by atoms with van der Waals surface area (Å²) in [5, 5.41) is 10.6. The van der Waals surface area contributed by atoms with Gasteiger partial charge in [0.25, 0.3) is 0 Å². The van der Waals surface area contributed by atoms with Crippen LogP contribution in [0.5, 0.6) is 5.75 Å². The Bertz CT molecular complexity index is 614. The van der Waals surface area contributed by atoms with Crippen molar-refractivity contribution in [3.8, 4) is 5.75 Å². The first-order chi connectivity index (χ1) is 11.3. The largest absolute Gasteiger partial charge is 0.489 e. The molecule has 0 heterocycles. The van der Waals surface area contributed by atoms with Gasteiger partial charge in [0.05, 0.1) is 12.1 Å². The fraction of sp³-hybridized carbons (Fsp3) is 0.400. The molecule has 2 aromatic rings. The zero-order chi connectivity index (χ0) is 16.1. The maximum atomic E-state index is 10.6. The molecule has 24 heavy (non-hydrogen) atoms. The molecule has 0 aromatic heterocycles. The summed E-state index contributed by atoms with van der Waals surface area (Å²) >= 11 is 0. The third-order valence-corrected chi connectivity index (χ3v) is 4.77. The Kier molecular flexibility index (Phi) is 7.10. The predicted octanol–water partition coefficient (Wildman–Crippen LogP) is 4.24. The van der Waals surface area contributed by atoms with Crippen LogP contribution in [0.2, 0.25) is 0 Å². The van der Waals surface area contributed by atoms with Crippen molar-refractivity contribution in [2.24, 2.45) is 11.7 Å². The van der Waals surface area contributed by atoms with E-state index in [0.29, 0.717) is 12.5 Å². The Morgan fingerprint density at radius 3 is 2.33 bits per heavy atom. The first-order valence-corrected chi connectivity index (χ1v) is 8.45. The van der Waals surface area contributed by atoms with Gasteiger partial charge >= 0.3 is 0 Å². The van der Waals surface area contributed by atoms with E-state index in [0.717, 1.165) is 29.7 Å². The lowest BCUT2D eigenvalue weighted by atomic mass is 9.90. The van der Waals surface area contributed by atoms with E-state index in [-0.39, 0.29) is 12.4 Å². The standard InChI is InChI=1S/C20H25NO2.ClH/c21-19(20(22)16-10-4-5-11-16)17-12-6-7-13-18(17)23-14-15-8-2-1-3-9-15;/h1-3,6-9,12-13,16,19-20,22H,4-5,10-11,14,21H2;1H/t19-,20+;/m0./s1. The van der Waals surface area contributed by atoms with Crippen LogP contribution in [0.15, 0.2) is 54.6 Å². The van der Waals surface area contributed by atoms with Gasteiger partial charge in [0.2, 0.25) is 0 Å².